The standard InChI is InChI=1S/C20H18F2N2O4/c1-12(19(26)23-17-9-6-14(21)11-16(17)22)28-20(27)13-4-7-15(8-5-13)24-10-2-3-18(24)25/h4-9,11-12H,2-3,10H2,1H3,(H,23,26)/t12-/m1/s1. The van der Waals surface area contributed by atoms with Gasteiger partial charge in [0.2, 0.25) is 5.91 Å². The summed E-state index contributed by atoms with van der Waals surface area (Å²) in [7, 11) is 0. The second-order valence-electron chi connectivity index (χ2n) is 6.36. The van der Waals surface area contributed by atoms with Crippen LogP contribution in [0.3, 0.4) is 0 Å². The first-order chi connectivity index (χ1) is 13.3. The van der Waals surface area contributed by atoms with Gasteiger partial charge in [0.05, 0.1) is 11.3 Å². The highest BCUT2D eigenvalue weighted by molar-refractivity contribution is 5.98. The van der Waals surface area contributed by atoms with E-state index in [9.17, 15) is 23.2 Å². The minimum Gasteiger partial charge on any atom is -0.449 e. The van der Waals surface area contributed by atoms with Gasteiger partial charge in [-0.05, 0) is 49.7 Å². The smallest absolute Gasteiger partial charge is 0.338 e. The Morgan fingerprint density at radius 1 is 1.14 bits per heavy atom. The molecule has 3 rings (SSSR count). The van der Waals surface area contributed by atoms with Gasteiger partial charge in [-0.3, -0.25) is 9.59 Å². The molecule has 0 saturated carbocycles. The van der Waals surface area contributed by atoms with Crippen LogP contribution in [0, 0.1) is 11.6 Å². The van der Waals surface area contributed by atoms with Gasteiger partial charge in [-0.1, -0.05) is 0 Å². The number of halogens is 2. The molecule has 0 aromatic heterocycles. The highest BCUT2D eigenvalue weighted by atomic mass is 19.1. The monoisotopic (exact) mass is 388 g/mol. The molecule has 0 unspecified atom stereocenters. The van der Waals surface area contributed by atoms with Crippen molar-refractivity contribution in [2.24, 2.45) is 0 Å². The Balaban J connectivity index is 1.60. The highest BCUT2D eigenvalue weighted by Gasteiger charge is 2.23. The minimum absolute atomic E-state index is 0.0358. The molecule has 1 heterocycles. The molecule has 0 aliphatic carbocycles. The molecular formula is C20H18F2N2O4. The lowest BCUT2D eigenvalue weighted by atomic mass is 10.2. The number of carbonyl (C=O) groups is 3. The molecule has 2 aromatic rings. The maximum atomic E-state index is 13.6. The number of benzene rings is 2. The van der Waals surface area contributed by atoms with E-state index in [-0.39, 0.29) is 17.2 Å². The van der Waals surface area contributed by atoms with E-state index in [1.807, 2.05) is 0 Å². The van der Waals surface area contributed by atoms with E-state index >= 15 is 0 Å². The fourth-order valence-corrected chi connectivity index (χ4v) is 2.81. The second kappa shape index (κ2) is 8.16. The topological polar surface area (TPSA) is 75.7 Å². The molecule has 6 nitrogen and oxygen atoms in total. The maximum Gasteiger partial charge on any atom is 0.338 e. The van der Waals surface area contributed by atoms with E-state index in [2.05, 4.69) is 5.32 Å². The molecule has 0 spiro atoms. The van der Waals surface area contributed by atoms with Crippen molar-refractivity contribution in [1.82, 2.24) is 0 Å². The van der Waals surface area contributed by atoms with Crippen LogP contribution in [0.1, 0.15) is 30.1 Å². The quantitative estimate of drug-likeness (QED) is 0.798. The Kier molecular flexibility index (Phi) is 5.67. The minimum atomic E-state index is -1.20. The number of esters is 1. The number of nitrogens with one attached hydrogen (secondary N) is 1. The Morgan fingerprint density at radius 2 is 1.86 bits per heavy atom. The summed E-state index contributed by atoms with van der Waals surface area (Å²) >= 11 is 0. The third-order valence-corrected chi connectivity index (χ3v) is 4.33. The third kappa shape index (κ3) is 4.33. The number of ether oxygens (including phenoxy) is 1. The van der Waals surface area contributed by atoms with E-state index < -0.39 is 29.6 Å². The van der Waals surface area contributed by atoms with Gasteiger partial charge in [0.15, 0.2) is 6.10 Å². The summed E-state index contributed by atoms with van der Waals surface area (Å²) in [6.07, 6.45) is 0.103. The van der Waals surface area contributed by atoms with Crippen molar-refractivity contribution in [3.8, 4) is 0 Å². The number of hydrogen-bond acceptors (Lipinski definition) is 4. The lowest BCUT2D eigenvalue weighted by molar-refractivity contribution is -0.123. The van der Waals surface area contributed by atoms with Crippen molar-refractivity contribution in [2.75, 3.05) is 16.8 Å². The van der Waals surface area contributed by atoms with Crippen molar-refractivity contribution in [3.63, 3.8) is 0 Å². The molecule has 1 aliphatic heterocycles. The first kappa shape index (κ1) is 19.5. The second-order valence-corrected chi connectivity index (χ2v) is 6.36. The summed E-state index contributed by atoms with van der Waals surface area (Å²) in [5.74, 6) is -3.15. The number of amides is 2. The van der Waals surface area contributed by atoms with Crippen molar-refractivity contribution in [2.45, 2.75) is 25.9 Å². The van der Waals surface area contributed by atoms with Crippen molar-refractivity contribution in [3.05, 3.63) is 59.7 Å². The number of carbonyl (C=O) groups excluding carboxylic acids is 3. The Bertz CT molecular complexity index is 915. The van der Waals surface area contributed by atoms with Crippen LogP contribution < -0.4 is 10.2 Å². The van der Waals surface area contributed by atoms with Gasteiger partial charge in [0.25, 0.3) is 5.91 Å². The number of rotatable bonds is 5. The molecule has 28 heavy (non-hydrogen) atoms. The summed E-state index contributed by atoms with van der Waals surface area (Å²) < 4.78 is 31.6. The third-order valence-electron chi connectivity index (χ3n) is 4.33. The molecule has 1 aliphatic rings. The van der Waals surface area contributed by atoms with Crippen molar-refractivity contribution in [1.29, 1.82) is 0 Å². The van der Waals surface area contributed by atoms with E-state index in [1.165, 1.54) is 19.1 Å². The van der Waals surface area contributed by atoms with Gasteiger partial charge in [-0.2, -0.15) is 0 Å². The average Bonchev–Trinajstić information content (AvgIpc) is 3.10. The highest BCUT2D eigenvalue weighted by Crippen LogP contribution is 2.22. The number of hydrogen-bond donors (Lipinski definition) is 1. The summed E-state index contributed by atoms with van der Waals surface area (Å²) in [5.41, 5.74) is 0.688. The zero-order chi connectivity index (χ0) is 20.3. The van der Waals surface area contributed by atoms with E-state index in [1.54, 1.807) is 17.0 Å². The van der Waals surface area contributed by atoms with Crippen LogP contribution in [0.15, 0.2) is 42.5 Å². The average molecular weight is 388 g/mol. The summed E-state index contributed by atoms with van der Waals surface area (Å²) in [4.78, 5) is 37.7. The predicted molar refractivity (Wildman–Crippen MR) is 97.9 cm³/mol. The molecule has 1 saturated heterocycles. The molecule has 2 aromatic carbocycles. The Hall–Kier alpha value is -3.29. The van der Waals surface area contributed by atoms with Gasteiger partial charge < -0.3 is 15.0 Å². The number of nitrogens with zero attached hydrogens (tertiary/aromatic N) is 1. The zero-order valence-electron chi connectivity index (χ0n) is 15.1. The van der Waals surface area contributed by atoms with Gasteiger partial charge in [-0.25, -0.2) is 13.6 Å². The lowest BCUT2D eigenvalue weighted by Crippen LogP contribution is -2.30. The van der Waals surface area contributed by atoms with Crippen LogP contribution in [0.4, 0.5) is 20.2 Å². The van der Waals surface area contributed by atoms with E-state index in [0.29, 0.717) is 24.7 Å². The molecule has 1 fully saturated rings. The van der Waals surface area contributed by atoms with Crippen molar-refractivity contribution >= 4 is 29.2 Å². The largest absolute Gasteiger partial charge is 0.449 e. The fraction of sp³-hybridized carbons (Fsp3) is 0.250. The van der Waals surface area contributed by atoms with Crippen LogP contribution in [0.5, 0.6) is 0 Å². The zero-order valence-corrected chi connectivity index (χ0v) is 15.1. The van der Waals surface area contributed by atoms with Gasteiger partial charge >= 0.3 is 5.97 Å². The molecule has 0 radical (unpaired) electrons. The molecule has 1 N–H and O–H groups in total. The maximum absolute atomic E-state index is 13.6. The van der Waals surface area contributed by atoms with E-state index in [0.717, 1.165) is 18.6 Å². The fourth-order valence-electron chi connectivity index (χ4n) is 2.81. The predicted octanol–water partition coefficient (Wildman–Crippen LogP) is 3.28. The van der Waals surface area contributed by atoms with Crippen LogP contribution in [0.2, 0.25) is 0 Å². The van der Waals surface area contributed by atoms with Crippen LogP contribution in [0.25, 0.3) is 0 Å². The van der Waals surface area contributed by atoms with Gasteiger partial charge in [0.1, 0.15) is 11.6 Å². The molecule has 1 atom stereocenters. The normalized spacial score (nSPS) is 14.7. The molecular weight excluding hydrogens is 370 g/mol. The molecule has 8 heteroatoms. The van der Waals surface area contributed by atoms with Crippen LogP contribution in [-0.2, 0) is 14.3 Å². The Labute approximate surface area is 160 Å². The Morgan fingerprint density at radius 3 is 2.46 bits per heavy atom. The van der Waals surface area contributed by atoms with Crippen LogP contribution >= 0.6 is 0 Å². The van der Waals surface area contributed by atoms with Crippen LogP contribution in [-0.4, -0.2) is 30.4 Å². The summed E-state index contributed by atoms with van der Waals surface area (Å²) in [5, 5.41) is 2.24. The van der Waals surface area contributed by atoms with Gasteiger partial charge in [0, 0.05) is 24.7 Å². The summed E-state index contributed by atoms with van der Waals surface area (Å²) in [6, 6.07) is 9.01. The van der Waals surface area contributed by atoms with Gasteiger partial charge in [-0.15, -0.1) is 0 Å². The first-order valence-corrected chi connectivity index (χ1v) is 8.72. The lowest BCUT2D eigenvalue weighted by Gasteiger charge is -2.16. The summed E-state index contributed by atoms with van der Waals surface area (Å²) in [6.45, 7) is 1.98. The molecule has 0 bridgehead atoms. The number of anilines is 2. The first-order valence-electron chi connectivity index (χ1n) is 8.72. The van der Waals surface area contributed by atoms with Crippen molar-refractivity contribution < 1.29 is 27.9 Å². The SMILES string of the molecule is C[C@@H](OC(=O)c1ccc(N2CCCC2=O)cc1)C(=O)Nc1ccc(F)cc1F. The molecule has 2 amide bonds. The van der Waals surface area contributed by atoms with E-state index in [4.69, 9.17) is 4.74 Å². The molecule has 146 valence electrons.